The monoisotopic (exact) mass is 364 g/mol. The molecule has 1 amide bonds. The molecule has 0 aromatic heterocycles. The fraction of sp³-hybridized carbons (Fsp3) is 0.600. The summed E-state index contributed by atoms with van der Waals surface area (Å²) in [5.74, 6) is -0.278. The van der Waals surface area contributed by atoms with Crippen LogP contribution in [0.1, 0.15) is 46.6 Å². The van der Waals surface area contributed by atoms with Gasteiger partial charge in [0, 0.05) is 19.1 Å². The van der Waals surface area contributed by atoms with Gasteiger partial charge < -0.3 is 14.8 Å². The van der Waals surface area contributed by atoms with Crippen molar-refractivity contribution in [1.29, 1.82) is 0 Å². The third-order valence-corrected chi connectivity index (χ3v) is 3.83. The molecule has 2 rings (SSSR count). The molecule has 1 saturated heterocycles. The van der Waals surface area contributed by atoms with Crippen molar-refractivity contribution in [3.05, 3.63) is 35.9 Å². The van der Waals surface area contributed by atoms with Crippen molar-refractivity contribution >= 4 is 12.1 Å². The minimum atomic E-state index is -0.547. The molecule has 0 saturated carbocycles. The van der Waals surface area contributed by atoms with Crippen LogP contribution in [0.3, 0.4) is 0 Å². The summed E-state index contributed by atoms with van der Waals surface area (Å²) in [6.07, 6.45) is 0.0522. The Kier molecular flexibility index (Phi) is 8.58. The first kappa shape index (κ1) is 22.0. The van der Waals surface area contributed by atoms with Gasteiger partial charge in [-0.15, -0.1) is 0 Å². The predicted molar refractivity (Wildman–Crippen MR) is 102 cm³/mol. The number of amides is 1. The summed E-state index contributed by atoms with van der Waals surface area (Å²) in [7, 11) is 1.39. The van der Waals surface area contributed by atoms with E-state index in [1.165, 1.54) is 7.11 Å². The number of esters is 1. The quantitative estimate of drug-likeness (QED) is 0.830. The summed E-state index contributed by atoms with van der Waals surface area (Å²) in [4.78, 5) is 26.1. The lowest BCUT2D eigenvalue weighted by atomic mass is 10.1. The summed E-state index contributed by atoms with van der Waals surface area (Å²) in [5.41, 5.74) is 0.568. The van der Waals surface area contributed by atoms with Gasteiger partial charge in [-0.3, -0.25) is 9.69 Å². The minimum Gasteiger partial charge on any atom is -0.468 e. The molecule has 26 heavy (non-hydrogen) atoms. The molecular formula is C20H32N2O4. The number of benzene rings is 1. The van der Waals surface area contributed by atoms with Crippen molar-refractivity contribution < 1.29 is 19.1 Å². The van der Waals surface area contributed by atoms with Gasteiger partial charge in [-0.2, -0.15) is 0 Å². The topological polar surface area (TPSA) is 67.9 Å². The van der Waals surface area contributed by atoms with E-state index in [9.17, 15) is 9.59 Å². The van der Waals surface area contributed by atoms with E-state index in [1.807, 2.05) is 69.9 Å². The number of hydrogen-bond donors (Lipinski definition) is 1. The Morgan fingerprint density at radius 2 is 1.81 bits per heavy atom. The van der Waals surface area contributed by atoms with Crippen molar-refractivity contribution in [2.24, 2.45) is 0 Å². The first-order valence-electron chi connectivity index (χ1n) is 9.14. The third kappa shape index (κ3) is 7.04. The standard InChI is InChI=1S/C18H26N2O4.C2H6/c1-18(2,3)24-17(22)19-14-10-15(16(21)23-4)20(12-14)11-13-8-6-5-7-9-13;1-2/h5-9,14-15H,10-12H2,1-4H3,(H,19,22);1-2H3/t14-,15-;/m0./s1. The molecule has 1 aliphatic rings. The van der Waals surface area contributed by atoms with E-state index < -0.39 is 11.7 Å². The number of nitrogens with one attached hydrogen (secondary N) is 1. The second kappa shape index (κ2) is 10.2. The Balaban J connectivity index is 0.00000163. The van der Waals surface area contributed by atoms with Crippen LogP contribution >= 0.6 is 0 Å². The Morgan fingerprint density at radius 1 is 1.19 bits per heavy atom. The highest BCUT2D eigenvalue weighted by Crippen LogP contribution is 2.22. The maximum Gasteiger partial charge on any atom is 0.407 e. The van der Waals surface area contributed by atoms with Gasteiger partial charge in [-0.05, 0) is 32.8 Å². The molecule has 0 radical (unpaired) electrons. The van der Waals surface area contributed by atoms with E-state index in [1.54, 1.807) is 0 Å². The molecule has 1 heterocycles. The number of ether oxygens (including phenoxy) is 2. The van der Waals surface area contributed by atoms with Crippen LogP contribution in [-0.4, -0.2) is 48.3 Å². The number of likely N-dealkylation sites (tertiary alicyclic amines) is 1. The highest BCUT2D eigenvalue weighted by atomic mass is 16.6. The number of alkyl carbamates (subject to hydrolysis) is 1. The van der Waals surface area contributed by atoms with Crippen LogP contribution in [0.15, 0.2) is 30.3 Å². The average Bonchev–Trinajstić information content (AvgIpc) is 2.97. The smallest absolute Gasteiger partial charge is 0.407 e. The van der Waals surface area contributed by atoms with Gasteiger partial charge in [-0.25, -0.2) is 4.79 Å². The maximum absolute atomic E-state index is 12.1. The van der Waals surface area contributed by atoms with E-state index in [0.717, 1.165) is 5.56 Å². The molecule has 1 aliphatic heterocycles. The van der Waals surface area contributed by atoms with Crippen molar-refractivity contribution in [3.8, 4) is 0 Å². The number of nitrogens with zero attached hydrogens (tertiary/aromatic N) is 1. The highest BCUT2D eigenvalue weighted by Gasteiger charge is 2.38. The maximum atomic E-state index is 12.1. The van der Waals surface area contributed by atoms with Crippen LogP contribution in [0.4, 0.5) is 4.79 Å². The number of methoxy groups -OCH3 is 1. The first-order valence-corrected chi connectivity index (χ1v) is 9.14. The zero-order valence-corrected chi connectivity index (χ0v) is 16.7. The van der Waals surface area contributed by atoms with Gasteiger partial charge in [0.15, 0.2) is 0 Å². The summed E-state index contributed by atoms with van der Waals surface area (Å²) in [6.45, 7) is 10.7. The van der Waals surface area contributed by atoms with Crippen molar-refractivity contribution in [3.63, 3.8) is 0 Å². The van der Waals surface area contributed by atoms with Crippen molar-refractivity contribution in [1.82, 2.24) is 10.2 Å². The van der Waals surface area contributed by atoms with Gasteiger partial charge in [0.1, 0.15) is 11.6 Å². The van der Waals surface area contributed by atoms with Crippen LogP contribution in [0, 0.1) is 0 Å². The molecule has 0 unspecified atom stereocenters. The fourth-order valence-corrected chi connectivity index (χ4v) is 2.86. The zero-order valence-electron chi connectivity index (χ0n) is 16.7. The van der Waals surface area contributed by atoms with E-state index in [0.29, 0.717) is 19.5 Å². The minimum absolute atomic E-state index is 0.146. The van der Waals surface area contributed by atoms with Gasteiger partial charge in [0.2, 0.25) is 0 Å². The third-order valence-electron chi connectivity index (χ3n) is 3.83. The summed E-state index contributed by atoms with van der Waals surface area (Å²) in [5, 5.41) is 2.85. The largest absolute Gasteiger partial charge is 0.468 e. The second-order valence-electron chi connectivity index (χ2n) is 7.03. The van der Waals surface area contributed by atoms with Gasteiger partial charge in [0.05, 0.1) is 7.11 Å². The summed E-state index contributed by atoms with van der Waals surface area (Å²) in [6, 6.07) is 9.41. The SMILES string of the molecule is CC.COC(=O)[C@@H]1C[C@H](NC(=O)OC(C)(C)C)CN1Cc1ccccc1. The van der Waals surface area contributed by atoms with Gasteiger partial charge >= 0.3 is 12.1 Å². The number of rotatable bonds is 4. The zero-order chi connectivity index (χ0) is 19.7. The first-order chi connectivity index (χ1) is 12.3. The van der Waals surface area contributed by atoms with Gasteiger partial charge in [0.25, 0.3) is 0 Å². The number of hydrogen-bond acceptors (Lipinski definition) is 5. The molecule has 1 N–H and O–H groups in total. The molecule has 146 valence electrons. The van der Waals surface area contributed by atoms with Gasteiger partial charge in [-0.1, -0.05) is 44.2 Å². The second-order valence-corrected chi connectivity index (χ2v) is 7.03. The van der Waals surface area contributed by atoms with E-state index in [-0.39, 0.29) is 18.1 Å². The molecule has 6 nitrogen and oxygen atoms in total. The van der Waals surface area contributed by atoms with Crippen molar-refractivity contribution in [2.75, 3.05) is 13.7 Å². The Labute approximate surface area is 156 Å². The lowest BCUT2D eigenvalue weighted by molar-refractivity contribution is -0.146. The fourth-order valence-electron chi connectivity index (χ4n) is 2.86. The lowest BCUT2D eigenvalue weighted by Gasteiger charge is -2.22. The van der Waals surface area contributed by atoms with Crippen LogP contribution in [0.5, 0.6) is 0 Å². The molecule has 1 aromatic rings. The highest BCUT2D eigenvalue weighted by molar-refractivity contribution is 5.76. The molecule has 1 aromatic carbocycles. The summed E-state index contributed by atoms with van der Waals surface area (Å²) >= 11 is 0. The van der Waals surface area contributed by atoms with Crippen LogP contribution in [0.25, 0.3) is 0 Å². The van der Waals surface area contributed by atoms with Crippen molar-refractivity contribution in [2.45, 2.75) is 65.3 Å². The lowest BCUT2D eigenvalue weighted by Crippen LogP contribution is -2.40. The van der Waals surface area contributed by atoms with E-state index in [2.05, 4.69) is 5.32 Å². The Hall–Kier alpha value is -2.08. The Bertz CT molecular complexity index is 569. The average molecular weight is 364 g/mol. The molecule has 6 heteroatoms. The number of carbonyl (C=O) groups excluding carboxylic acids is 2. The molecule has 0 bridgehead atoms. The molecular weight excluding hydrogens is 332 g/mol. The van der Waals surface area contributed by atoms with E-state index in [4.69, 9.17) is 9.47 Å². The van der Waals surface area contributed by atoms with Crippen LogP contribution < -0.4 is 5.32 Å². The molecule has 0 aliphatic carbocycles. The number of carbonyl (C=O) groups is 2. The Morgan fingerprint density at radius 3 is 2.35 bits per heavy atom. The molecule has 2 atom stereocenters. The molecule has 0 spiro atoms. The van der Waals surface area contributed by atoms with Crippen LogP contribution in [-0.2, 0) is 20.8 Å². The normalized spacial score (nSPS) is 19.9. The predicted octanol–water partition coefficient (Wildman–Crippen LogP) is 3.35. The molecule has 1 fully saturated rings. The summed E-state index contributed by atoms with van der Waals surface area (Å²) < 4.78 is 10.2. The van der Waals surface area contributed by atoms with E-state index >= 15 is 0 Å². The van der Waals surface area contributed by atoms with Crippen LogP contribution in [0.2, 0.25) is 0 Å².